The molecule has 1 saturated carbocycles. The molecule has 0 amide bonds. The lowest BCUT2D eigenvalue weighted by Crippen LogP contribution is -2.10. The minimum Gasteiger partial charge on any atom is -0.368 e. The van der Waals surface area contributed by atoms with Crippen LogP contribution in [0.1, 0.15) is 12.8 Å². The number of nitrogens with zero attached hydrogens (tertiary/aromatic N) is 3. The fourth-order valence-electron chi connectivity index (χ4n) is 0.884. The second-order valence-electron chi connectivity index (χ2n) is 2.79. The van der Waals surface area contributed by atoms with Gasteiger partial charge in [-0.05, 0) is 12.8 Å². The van der Waals surface area contributed by atoms with Gasteiger partial charge in [-0.1, -0.05) is 0 Å². The second-order valence-corrected chi connectivity index (χ2v) is 2.79. The Morgan fingerprint density at radius 3 is 2.17 bits per heavy atom. The zero-order valence-electron chi connectivity index (χ0n) is 6.49. The number of anilines is 3. The fraction of sp³-hybridized carbons (Fsp3) is 0.500. The van der Waals surface area contributed by atoms with Crippen molar-refractivity contribution >= 4 is 17.8 Å². The lowest BCUT2D eigenvalue weighted by Gasteiger charge is -2.02. The molecule has 64 valence electrons. The molecule has 1 aliphatic rings. The lowest BCUT2D eigenvalue weighted by atomic mass is 10.8. The van der Waals surface area contributed by atoms with Crippen molar-refractivity contribution in [2.24, 2.45) is 0 Å². The number of nitrogens with two attached hydrogens (primary N) is 2. The van der Waals surface area contributed by atoms with Crippen LogP contribution in [0.25, 0.3) is 0 Å². The first-order valence-electron chi connectivity index (χ1n) is 3.77. The Balaban J connectivity index is 2.18. The average molecular weight is 169 g/mol. The van der Waals surface area contributed by atoms with Crippen LogP contribution in [0.5, 0.6) is 0 Å². The number of hydrogen-bond acceptors (Lipinski definition) is 6. The largest absolute Gasteiger partial charge is 0.368 e. The summed E-state index contributed by atoms with van der Waals surface area (Å²) in [4.78, 5) is 11.4. The van der Waals surface area contributed by atoms with Crippen LogP contribution in [-0.4, -0.2) is 21.0 Å². The first-order valence-corrected chi connectivity index (χ1v) is 3.77. The molecule has 1 aliphatic carbocycles. The molecule has 0 aliphatic heterocycles. The van der Waals surface area contributed by atoms with Crippen molar-refractivity contribution in [3.63, 3.8) is 0 Å². The molecule has 0 spiro atoms. The minimum atomic E-state index is 0.158. The molecule has 1 aromatic rings. The van der Waals surface area contributed by atoms with Crippen LogP contribution in [0.15, 0.2) is 0 Å². The van der Waals surface area contributed by atoms with Crippen LogP contribution in [-0.2, 0) is 0 Å². The van der Waals surface area contributed by atoms with E-state index in [-0.39, 0.29) is 11.9 Å². The minimum absolute atomic E-state index is 0.158. The van der Waals surface area contributed by atoms with Crippen molar-refractivity contribution < 1.29 is 0 Å². The van der Waals surface area contributed by atoms with E-state index in [1.807, 2.05) is 0 Å². The van der Waals surface area contributed by atoms with E-state index in [2.05, 4.69) is 20.3 Å². The van der Waals surface area contributed by atoms with Gasteiger partial charge in [0.25, 0.3) is 0 Å². The molecule has 0 saturated heterocycles. The molecule has 6 nitrogen and oxygen atoms in total. The monoisotopic (exact) mass is 169 g/mol. The van der Waals surface area contributed by atoms with Gasteiger partial charge in [-0.3, -0.25) is 0 Å². The van der Waals surface area contributed by atoms with Crippen molar-refractivity contribution in [2.75, 3.05) is 16.8 Å². The van der Waals surface area contributed by atoms with Gasteiger partial charge in [-0.25, -0.2) is 0 Å². The first kappa shape index (κ1) is 7.08. The van der Waals surface area contributed by atoms with E-state index in [0.29, 0.717) is 12.0 Å². The highest BCUT2D eigenvalue weighted by atomic mass is 15.5. The van der Waals surface area contributed by atoms with E-state index >= 15 is 0 Å². The predicted molar refractivity (Wildman–Crippen MR) is 45.3 cm³/mol. The van der Waals surface area contributed by atoms with E-state index in [9.17, 15) is 0 Å². The van der Waals surface area contributed by atoms with E-state index in [4.69, 9.17) is 11.5 Å². The molecule has 5 N–H and O–H groups in total. The number of hydrogen-bond donors (Lipinski definition) is 3. The molecule has 12 heavy (non-hydrogen) atoms. The van der Waals surface area contributed by atoms with Crippen LogP contribution < -0.4 is 16.8 Å². The molecular weight excluding hydrogens is 159 g/mol. The normalized spacial score (nSPS) is 16.0. The molecule has 0 unspecified atom stereocenters. The maximum atomic E-state index is 5.37. The second kappa shape index (κ2) is 2.47. The summed E-state index contributed by atoms with van der Waals surface area (Å²) in [5, 5.41) is 3.08. The Hall–Kier alpha value is -1.59. The third-order valence-corrected chi connectivity index (χ3v) is 1.58. The van der Waals surface area contributed by atoms with Crippen molar-refractivity contribution in [3.05, 3.63) is 0 Å². The maximum Gasteiger partial charge on any atom is 0.229 e. The summed E-state index contributed by atoms with van der Waals surface area (Å²) in [6.45, 7) is 0. The van der Waals surface area contributed by atoms with Gasteiger partial charge < -0.3 is 16.8 Å². The van der Waals surface area contributed by atoms with Crippen molar-refractivity contribution in [2.45, 2.75) is 18.9 Å². The molecule has 0 radical (unpaired) electrons. The third kappa shape index (κ3) is 1.52. The van der Waals surface area contributed by atoms with Crippen LogP contribution in [0.2, 0.25) is 0 Å². The Morgan fingerprint density at radius 1 is 1.08 bits per heavy atom. The number of nitrogen functional groups attached to an aromatic ring is 2. The summed E-state index contributed by atoms with van der Waals surface area (Å²) >= 11 is 0. The van der Waals surface area contributed by atoms with Gasteiger partial charge >= 0.3 is 0 Å². The van der Waals surface area contributed by atoms with E-state index in [0.717, 1.165) is 12.8 Å². The van der Waals surface area contributed by atoms with Gasteiger partial charge in [0.2, 0.25) is 17.8 Å². The molecule has 0 aromatic carbocycles. The van der Waals surface area contributed by atoms with Crippen molar-refractivity contribution in [1.82, 2.24) is 15.0 Å². The standard InChI is InChI=1S/C6H10N6/c7-4-10-5(8)12-6(11-4)9-3-1-2-3/h3H,1-2H2,(H5,7,8,9,10,11,12)/i4+1,5+1,6+1. The van der Waals surface area contributed by atoms with E-state index in [1.54, 1.807) is 0 Å². The van der Waals surface area contributed by atoms with Gasteiger partial charge in [0.15, 0.2) is 0 Å². The molecular formula is C6H10N6. The highest BCUT2D eigenvalue weighted by Crippen LogP contribution is 2.22. The summed E-state index contributed by atoms with van der Waals surface area (Å²) in [7, 11) is 0. The predicted octanol–water partition coefficient (Wildman–Crippen LogP) is -0.390. The molecule has 1 fully saturated rings. The lowest BCUT2D eigenvalue weighted by molar-refractivity contribution is 1.02. The Kier molecular flexibility index (Phi) is 1.46. The molecule has 0 bridgehead atoms. The molecule has 2 rings (SSSR count). The van der Waals surface area contributed by atoms with E-state index < -0.39 is 0 Å². The van der Waals surface area contributed by atoms with Crippen LogP contribution in [0.3, 0.4) is 0 Å². The Bertz CT molecular complexity index is 274. The summed E-state index contributed by atoms with van der Waals surface area (Å²) < 4.78 is 0. The van der Waals surface area contributed by atoms with Gasteiger partial charge in [-0.2, -0.15) is 15.0 Å². The van der Waals surface area contributed by atoms with Crippen LogP contribution in [0.4, 0.5) is 17.8 Å². The quantitative estimate of drug-likeness (QED) is 0.557. The van der Waals surface area contributed by atoms with Gasteiger partial charge in [-0.15, -0.1) is 0 Å². The van der Waals surface area contributed by atoms with Gasteiger partial charge in [0.05, 0.1) is 0 Å². The summed E-state index contributed by atoms with van der Waals surface area (Å²) in [5.41, 5.74) is 10.7. The smallest absolute Gasteiger partial charge is 0.229 e. The van der Waals surface area contributed by atoms with Crippen LogP contribution >= 0.6 is 0 Å². The third-order valence-electron chi connectivity index (χ3n) is 1.58. The molecule has 0 atom stereocenters. The molecule has 6 heteroatoms. The average Bonchev–Trinajstić information content (AvgIpc) is 2.68. The number of aromatic nitrogens is 3. The summed E-state index contributed by atoms with van der Waals surface area (Å²) in [5.74, 6) is 0.791. The first-order chi connectivity index (χ1) is 5.74. The Morgan fingerprint density at radius 2 is 1.67 bits per heavy atom. The number of nitrogens with one attached hydrogen (secondary N) is 1. The molecule has 1 heterocycles. The topological polar surface area (TPSA) is 103 Å². The fourth-order valence-corrected chi connectivity index (χ4v) is 0.884. The van der Waals surface area contributed by atoms with Crippen molar-refractivity contribution in [3.8, 4) is 0 Å². The number of rotatable bonds is 2. The molecule has 1 aromatic heterocycles. The summed E-state index contributed by atoms with van der Waals surface area (Å²) in [6.07, 6.45) is 2.32. The zero-order chi connectivity index (χ0) is 8.55. The summed E-state index contributed by atoms with van der Waals surface area (Å²) in [6, 6.07) is 0.492. The van der Waals surface area contributed by atoms with Gasteiger partial charge in [0, 0.05) is 6.04 Å². The highest BCUT2D eigenvalue weighted by Gasteiger charge is 2.22. The van der Waals surface area contributed by atoms with Crippen molar-refractivity contribution in [1.29, 1.82) is 0 Å². The SMILES string of the molecule is N[13c]1n[13c](N)n[13c](NC2CC2)n1. The van der Waals surface area contributed by atoms with Crippen LogP contribution in [0, 0.1) is 0 Å². The maximum absolute atomic E-state index is 5.37. The Labute approximate surface area is 69.4 Å². The van der Waals surface area contributed by atoms with Gasteiger partial charge in [0.1, 0.15) is 0 Å². The zero-order valence-corrected chi connectivity index (χ0v) is 6.49. The van der Waals surface area contributed by atoms with E-state index in [1.165, 1.54) is 0 Å². The highest BCUT2D eigenvalue weighted by molar-refractivity contribution is 5.38.